The zero-order chi connectivity index (χ0) is 20.0. The standard InChI is InChI=1S/C18H23BrN6.C2H6/c1-12(18(2,3)4)23-15-8-16(21-10-13-6-5-7-20-9-13)25-17(24-15)14(19)11-22-25;1-2/h5-9,11-12,21H,10H2,1-4H3,(H,23,24);1-2H3. The molecular weight excluding hydrogens is 404 g/mol. The highest BCUT2D eigenvalue weighted by Gasteiger charge is 2.21. The van der Waals surface area contributed by atoms with Gasteiger partial charge in [-0.1, -0.05) is 40.7 Å². The molecule has 7 heteroatoms. The Bertz CT molecular complexity index is 854. The number of nitrogens with zero attached hydrogens (tertiary/aromatic N) is 4. The lowest BCUT2D eigenvalue weighted by molar-refractivity contribution is 0.359. The van der Waals surface area contributed by atoms with Crippen LogP contribution in [0.25, 0.3) is 5.65 Å². The molecule has 2 N–H and O–H groups in total. The fourth-order valence-electron chi connectivity index (χ4n) is 2.27. The Labute approximate surface area is 169 Å². The average molecular weight is 433 g/mol. The molecule has 146 valence electrons. The van der Waals surface area contributed by atoms with E-state index in [1.807, 2.05) is 38.2 Å². The summed E-state index contributed by atoms with van der Waals surface area (Å²) in [7, 11) is 0. The molecule has 3 aromatic heterocycles. The third-order valence-electron chi connectivity index (χ3n) is 4.29. The molecule has 0 saturated heterocycles. The van der Waals surface area contributed by atoms with E-state index in [1.165, 1.54) is 0 Å². The molecule has 3 aromatic rings. The van der Waals surface area contributed by atoms with Crippen molar-refractivity contribution >= 4 is 33.2 Å². The molecule has 0 aromatic carbocycles. The Hall–Kier alpha value is -2.15. The molecule has 0 radical (unpaired) electrons. The molecule has 3 heterocycles. The minimum absolute atomic E-state index is 0.134. The summed E-state index contributed by atoms with van der Waals surface area (Å²) in [6, 6.07) is 6.24. The summed E-state index contributed by atoms with van der Waals surface area (Å²) in [6.45, 7) is 13.5. The molecule has 3 rings (SSSR count). The van der Waals surface area contributed by atoms with Gasteiger partial charge < -0.3 is 10.6 Å². The van der Waals surface area contributed by atoms with Crippen molar-refractivity contribution in [2.45, 2.75) is 54.1 Å². The maximum atomic E-state index is 4.69. The number of pyridine rings is 1. The molecule has 6 nitrogen and oxygen atoms in total. The molecule has 1 atom stereocenters. The van der Waals surface area contributed by atoms with Gasteiger partial charge in [0.15, 0.2) is 5.65 Å². The normalized spacial score (nSPS) is 12.3. The number of hydrogen-bond acceptors (Lipinski definition) is 5. The van der Waals surface area contributed by atoms with Crippen LogP contribution in [0, 0.1) is 5.41 Å². The van der Waals surface area contributed by atoms with Gasteiger partial charge in [0, 0.05) is 31.0 Å². The maximum Gasteiger partial charge on any atom is 0.173 e. The van der Waals surface area contributed by atoms with E-state index in [0.717, 1.165) is 27.3 Å². The first-order valence-corrected chi connectivity index (χ1v) is 10.1. The first kappa shape index (κ1) is 21.2. The first-order valence-electron chi connectivity index (χ1n) is 9.28. The molecule has 0 aliphatic rings. The highest BCUT2D eigenvalue weighted by atomic mass is 79.9. The minimum atomic E-state index is 0.134. The minimum Gasteiger partial charge on any atom is -0.367 e. The second kappa shape index (κ2) is 9.17. The number of rotatable bonds is 5. The van der Waals surface area contributed by atoms with Gasteiger partial charge in [0.25, 0.3) is 0 Å². The van der Waals surface area contributed by atoms with Crippen molar-refractivity contribution in [3.8, 4) is 0 Å². The van der Waals surface area contributed by atoms with Crippen molar-refractivity contribution in [3.05, 3.63) is 46.8 Å². The fraction of sp³-hybridized carbons (Fsp3) is 0.450. The van der Waals surface area contributed by atoms with Crippen LogP contribution in [0.4, 0.5) is 11.6 Å². The Morgan fingerprint density at radius 1 is 1.22 bits per heavy atom. The van der Waals surface area contributed by atoms with Crippen LogP contribution in [0.3, 0.4) is 0 Å². The summed E-state index contributed by atoms with van der Waals surface area (Å²) in [4.78, 5) is 8.85. The zero-order valence-electron chi connectivity index (χ0n) is 16.9. The van der Waals surface area contributed by atoms with E-state index in [0.29, 0.717) is 6.54 Å². The molecule has 0 saturated carbocycles. The molecule has 0 spiro atoms. The van der Waals surface area contributed by atoms with E-state index >= 15 is 0 Å². The summed E-state index contributed by atoms with van der Waals surface area (Å²) in [5.41, 5.74) is 2.02. The molecule has 0 fully saturated rings. The van der Waals surface area contributed by atoms with E-state index in [9.17, 15) is 0 Å². The van der Waals surface area contributed by atoms with Crippen LogP contribution in [-0.4, -0.2) is 25.6 Å². The van der Waals surface area contributed by atoms with Gasteiger partial charge in [0.05, 0.1) is 10.7 Å². The lowest BCUT2D eigenvalue weighted by atomic mass is 9.88. The number of aromatic nitrogens is 4. The van der Waals surface area contributed by atoms with Crippen LogP contribution in [0.1, 0.15) is 47.1 Å². The first-order chi connectivity index (χ1) is 12.8. The second-order valence-corrected chi connectivity index (χ2v) is 8.06. The molecule has 0 bridgehead atoms. The van der Waals surface area contributed by atoms with Crippen LogP contribution in [0.15, 0.2) is 41.3 Å². The van der Waals surface area contributed by atoms with Crippen molar-refractivity contribution in [1.82, 2.24) is 19.6 Å². The topological polar surface area (TPSA) is 67.1 Å². The monoisotopic (exact) mass is 432 g/mol. The number of nitrogens with one attached hydrogen (secondary N) is 2. The molecule has 0 aliphatic carbocycles. The SMILES string of the molecule is CC.CC(Nc1cc(NCc2cccnc2)n2ncc(Br)c2n1)C(C)(C)C. The Morgan fingerprint density at radius 2 is 1.96 bits per heavy atom. The van der Waals surface area contributed by atoms with Gasteiger partial charge in [-0.3, -0.25) is 4.98 Å². The molecule has 0 aliphatic heterocycles. The van der Waals surface area contributed by atoms with E-state index in [1.54, 1.807) is 16.9 Å². The van der Waals surface area contributed by atoms with Crippen molar-refractivity contribution < 1.29 is 0 Å². The predicted octanol–water partition coefficient (Wildman–Crippen LogP) is 5.37. The van der Waals surface area contributed by atoms with Gasteiger partial charge in [-0.25, -0.2) is 4.98 Å². The quantitative estimate of drug-likeness (QED) is 0.566. The van der Waals surface area contributed by atoms with Gasteiger partial charge in [-0.05, 0) is 39.9 Å². The maximum absolute atomic E-state index is 4.69. The van der Waals surface area contributed by atoms with Crippen LogP contribution >= 0.6 is 15.9 Å². The van der Waals surface area contributed by atoms with Crippen molar-refractivity contribution in [1.29, 1.82) is 0 Å². The van der Waals surface area contributed by atoms with Crippen LogP contribution in [0.5, 0.6) is 0 Å². The van der Waals surface area contributed by atoms with Gasteiger partial charge in [0.1, 0.15) is 11.6 Å². The number of halogens is 1. The van der Waals surface area contributed by atoms with Crippen molar-refractivity contribution in [2.75, 3.05) is 10.6 Å². The van der Waals surface area contributed by atoms with Gasteiger partial charge in [-0.15, -0.1) is 0 Å². The Morgan fingerprint density at radius 3 is 2.59 bits per heavy atom. The summed E-state index contributed by atoms with van der Waals surface area (Å²) < 4.78 is 2.66. The summed E-state index contributed by atoms with van der Waals surface area (Å²) in [5.74, 6) is 1.70. The molecule has 1 unspecified atom stereocenters. The second-order valence-electron chi connectivity index (χ2n) is 7.20. The Kier molecular flexibility index (Phi) is 7.18. The molecular formula is C20H29BrN6. The van der Waals surface area contributed by atoms with Crippen LogP contribution < -0.4 is 10.6 Å². The van der Waals surface area contributed by atoms with Gasteiger partial charge in [-0.2, -0.15) is 9.61 Å². The highest BCUT2D eigenvalue weighted by Crippen LogP contribution is 2.26. The summed E-state index contributed by atoms with van der Waals surface area (Å²) in [6.07, 6.45) is 5.38. The third-order valence-corrected chi connectivity index (χ3v) is 4.85. The molecule has 27 heavy (non-hydrogen) atoms. The summed E-state index contributed by atoms with van der Waals surface area (Å²) >= 11 is 3.53. The fourth-order valence-corrected chi connectivity index (χ4v) is 2.62. The smallest absolute Gasteiger partial charge is 0.173 e. The number of anilines is 2. The predicted molar refractivity (Wildman–Crippen MR) is 116 cm³/mol. The van der Waals surface area contributed by atoms with Crippen LogP contribution in [-0.2, 0) is 6.54 Å². The van der Waals surface area contributed by atoms with Crippen LogP contribution in [0.2, 0.25) is 0 Å². The van der Waals surface area contributed by atoms with E-state index < -0.39 is 0 Å². The van der Waals surface area contributed by atoms with E-state index in [2.05, 4.69) is 64.3 Å². The largest absolute Gasteiger partial charge is 0.367 e. The van der Waals surface area contributed by atoms with Gasteiger partial charge in [0.2, 0.25) is 0 Å². The third kappa shape index (κ3) is 5.42. The zero-order valence-corrected chi connectivity index (χ0v) is 18.5. The number of hydrogen-bond donors (Lipinski definition) is 2. The summed E-state index contributed by atoms with van der Waals surface area (Å²) in [5, 5.41) is 11.3. The number of fused-ring (bicyclic) bond motifs is 1. The van der Waals surface area contributed by atoms with E-state index in [-0.39, 0.29) is 11.5 Å². The van der Waals surface area contributed by atoms with Crippen molar-refractivity contribution in [2.24, 2.45) is 5.41 Å². The van der Waals surface area contributed by atoms with Crippen molar-refractivity contribution in [3.63, 3.8) is 0 Å². The Balaban J connectivity index is 0.00000126. The molecule has 0 amide bonds. The lowest BCUT2D eigenvalue weighted by Crippen LogP contribution is -2.31. The van der Waals surface area contributed by atoms with E-state index in [4.69, 9.17) is 4.98 Å². The average Bonchev–Trinajstić information content (AvgIpc) is 3.03. The lowest BCUT2D eigenvalue weighted by Gasteiger charge is -2.28. The highest BCUT2D eigenvalue weighted by molar-refractivity contribution is 9.10. The van der Waals surface area contributed by atoms with Gasteiger partial charge >= 0.3 is 0 Å².